The van der Waals surface area contributed by atoms with Gasteiger partial charge in [0, 0.05) is 6.07 Å². The van der Waals surface area contributed by atoms with Crippen LogP contribution in [0.3, 0.4) is 0 Å². The van der Waals surface area contributed by atoms with Crippen molar-refractivity contribution in [3.63, 3.8) is 0 Å². The zero-order chi connectivity index (χ0) is 31.6. The number of anilines is 1. The minimum absolute atomic E-state index is 0.128. The molecule has 1 heterocycles. The highest BCUT2D eigenvalue weighted by Crippen LogP contribution is 2.31. The Kier molecular flexibility index (Phi) is 10.3. The second-order valence-electron chi connectivity index (χ2n) is 11.8. The van der Waals surface area contributed by atoms with Gasteiger partial charge in [0.1, 0.15) is 30.1 Å². The first kappa shape index (κ1) is 31.5. The van der Waals surface area contributed by atoms with Crippen LogP contribution in [0, 0.1) is 0 Å². The summed E-state index contributed by atoms with van der Waals surface area (Å²) in [6.45, 7) is 7.45. The van der Waals surface area contributed by atoms with Gasteiger partial charge in [-0.25, -0.2) is 9.59 Å². The van der Waals surface area contributed by atoms with Gasteiger partial charge in [-0.2, -0.15) is 0 Å². The van der Waals surface area contributed by atoms with Crippen molar-refractivity contribution in [2.75, 3.05) is 18.1 Å². The average Bonchev–Trinajstić information content (AvgIpc) is 3.06. The minimum Gasteiger partial charge on any atom is -0.488 e. The summed E-state index contributed by atoms with van der Waals surface area (Å²) in [5.74, 6) is -0.208. The maximum absolute atomic E-state index is 13.6. The van der Waals surface area contributed by atoms with Crippen molar-refractivity contribution in [1.29, 1.82) is 0 Å². The van der Waals surface area contributed by atoms with Crippen LogP contribution in [0.2, 0.25) is 0 Å². The third kappa shape index (κ3) is 9.06. The van der Waals surface area contributed by atoms with E-state index in [0.29, 0.717) is 24.7 Å². The molecule has 7 nitrogen and oxygen atoms in total. The highest BCUT2D eigenvalue weighted by molar-refractivity contribution is 5.95. The van der Waals surface area contributed by atoms with Crippen LogP contribution >= 0.6 is 0 Å². The van der Waals surface area contributed by atoms with Gasteiger partial charge in [0.05, 0.1) is 25.4 Å². The quantitative estimate of drug-likeness (QED) is 0.169. The van der Waals surface area contributed by atoms with Crippen molar-refractivity contribution in [1.82, 2.24) is 0 Å². The van der Waals surface area contributed by atoms with E-state index in [1.165, 1.54) is 5.57 Å². The molecule has 0 aliphatic carbocycles. The number of carbonyl (C=O) groups is 2. The Hall–Kier alpha value is -4.88. The van der Waals surface area contributed by atoms with Gasteiger partial charge in [-0.1, -0.05) is 91.0 Å². The Morgan fingerprint density at radius 2 is 1.47 bits per heavy atom. The van der Waals surface area contributed by atoms with Crippen LogP contribution in [-0.4, -0.2) is 30.9 Å². The number of esters is 1. The lowest BCUT2D eigenvalue weighted by atomic mass is 10.00. The zero-order valence-electron chi connectivity index (χ0n) is 26.0. The smallest absolute Gasteiger partial charge is 0.415 e. The Morgan fingerprint density at radius 3 is 2.09 bits per heavy atom. The van der Waals surface area contributed by atoms with E-state index in [2.05, 4.69) is 18.2 Å². The molecular formula is C38H39NO6. The normalized spacial score (nSPS) is 13.0. The van der Waals surface area contributed by atoms with Crippen molar-refractivity contribution < 1.29 is 28.5 Å². The summed E-state index contributed by atoms with van der Waals surface area (Å²) in [6, 6.07) is 32.4. The van der Waals surface area contributed by atoms with Crippen LogP contribution in [-0.2, 0) is 34.0 Å². The number of ether oxygens (including phenoxy) is 4. The first-order valence-electron chi connectivity index (χ1n) is 15.1. The summed E-state index contributed by atoms with van der Waals surface area (Å²) in [4.78, 5) is 28.4. The van der Waals surface area contributed by atoms with E-state index in [9.17, 15) is 9.59 Å². The number of hydrogen-bond acceptors (Lipinski definition) is 6. The number of carbonyl (C=O) groups excluding carboxylic acids is 2. The Labute approximate surface area is 265 Å². The van der Waals surface area contributed by atoms with Crippen LogP contribution in [0.5, 0.6) is 5.75 Å². The van der Waals surface area contributed by atoms with Crippen molar-refractivity contribution in [3.05, 3.63) is 137 Å². The first-order chi connectivity index (χ1) is 21.7. The Balaban J connectivity index is 1.44. The molecule has 0 radical (unpaired) electrons. The van der Waals surface area contributed by atoms with E-state index < -0.39 is 17.7 Å². The third-order valence-corrected chi connectivity index (χ3v) is 7.19. The first-order valence-corrected chi connectivity index (χ1v) is 15.1. The second kappa shape index (κ2) is 14.7. The van der Waals surface area contributed by atoms with E-state index in [1.807, 2.05) is 93.6 Å². The molecule has 0 unspecified atom stereocenters. The summed E-state index contributed by atoms with van der Waals surface area (Å²) in [7, 11) is 0. The van der Waals surface area contributed by atoms with Gasteiger partial charge in [0.25, 0.3) is 0 Å². The highest BCUT2D eigenvalue weighted by Gasteiger charge is 2.26. The molecule has 0 fully saturated rings. The van der Waals surface area contributed by atoms with E-state index >= 15 is 0 Å². The number of benzene rings is 4. The number of hydrogen-bond donors (Lipinski definition) is 0. The monoisotopic (exact) mass is 605 g/mol. The Bertz CT molecular complexity index is 1610. The lowest BCUT2D eigenvalue weighted by molar-refractivity contribution is 0.0467. The molecule has 4 aromatic rings. The van der Waals surface area contributed by atoms with Crippen LogP contribution in [0.4, 0.5) is 10.5 Å². The summed E-state index contributed by atoms with van der Waals surface area (Å²) in [6.07, 6.45) is 2.47. The summed E-state index contributed by atoms with van der Waals surface area (Å²) in [5.41, 5.74) is 5.23. The van der Waals surface area contributed by atoms with Crippen LogP contribution in [0.25, 0.3) is 5.57 Å². The van der Waals surface area contributed by atoms with Crippen LogP contribution in [0.1, 0.15) is 59.8 Å². The highest BCUT2D eigenvalue weighted by atomic mass is 16.6. The molecular weight excluding hydrogens is 566 g/mol. The molecule has 1 aliphatic rings. The van der Waals surface area contributed by atoms with Gasteiger partial charge >= 0.3 is 12.1 Å². The molecule has 0 saturated carbocycles. The molecule has 1 amide bonds. The molecule has 0 saturated heterocycles. The molecule has 232 valence electrons. The Morgan fingerprint density at radius 1 is 0.800 bits per heavy atom. The second-order valence-corrected chi connectivity index (χ2v) is 11.8. The van der Waals surface area contributed by atoms with Crippen LogP contribution in [0.15, 0.2) is 109 Å². The van der Waals surface area contributed by atoms with Crippen molar-refractivity contribution in [3.8, 4) is 5.75 Å². The lowest BCUT2D eigenvalue weighted by Gasteiger charge is -2.28. The third-order valence-electron chi connectivity index (χ3n) is 7.19. The molecule has 5 rings (SSSR count). The van der Waals surface area contributed by atoms with Gasteiger partial charge in [-0.05, 0) is 67.2 Å². The average molecular weight is 606 g/mol. The molecule has 4 aromatic carbocycles. The summed E-state index contributed by atoms with van der Waals surface area (Å²) >= 11 is 0. The van der Waals surface area contributed by atoms with Gasteiger partial charge in [0.15, 0.2) is 0 Å². The predicted molar refractivity (Wildman–Crippen MR) is 175 cm³/mol. The maximum atomic E-state index is 13.6. The minimum atomic E-state index is -0.706. The summed E-state index contributed by atoms with van der Waals surface area (Å²) in [5, 5.41) is 0. The molecule has 45 heavy (non-hydrogen) atoms. The molecule has 0 spiro atoms. The van der Waals surface area contributed by atoms with Gasteiger partial charge in [-0.15, -0.1) is 0 Å². The van der Waals surface area contributed by atoms with E-state index in [1.54, 1.807) is 23.1 Å². The predicted octanol–water partition coefficient (Wildman–Crippen LogP) is 8.37. The summed E-state index contributed by atoms with van der Waals surface area (Å²) < 4.78 is 23.1. The largest absolute Gasteiger partial charge is 0.488 e. The fraction of sp³-hybridized carbons (Fsp3) is 0.263. The SMILES string of the molecule is CC(C)(C)OC(=O)N(Cc1ccc(C2=CCOCC2)cc1)c1ccc(C(=O)OCc2ccccc2)c(OCc2ccccc2)c1. The fourth-order valence-electron chi connectivity index (χ4n) is 4.88. The molecule has 7 heteroatoms. The number of nitrogens with zero attached hydrogens (tertiary/aromatic N) is 1. The molecule has 1 aliphatic heterocycles. The van der Waals surface area contributed by atoms with Crippen LogP contribution < -0.4 is 9.64 Å². The van der Waals surface area contributed by atoms with E-state index in [-0.39, 0.29) is 25.3 Å². The topological polar surface area (TPSA) is 74.3 Å². The number of amides is 1. The molecule has 0 aromatic heterocycles. The fourth-order valence-corrected chi connectivity index (χ4v) is 4.88. The number of rotatable bonds is 10. The van der Waals surface area contributed by atoms with Crippen molar-refractivity contribution >= 4 is 23.3 Å². The standard InChI is InChI=1S/C38H39NO6/c1-38(2,3)45-37(41)39(25-28-14-16-31(17-15-28)32-20-22-42-23-21-32)33-18-19-34(36(40)44-27-30-12-8-5-9-13-30)35(24-33)43-26-29-10-6-4-7-11-29/h4-20,24H,21-23,25-27H2,1-3H3. The zero-order valence-corrected chi connectivity index (χ0v) is 26.0. The molecule has 0 bridgehead atoms. The maximum Gasteiger partial charge on any atom is 0.415 e. The lowest BCUT2D eigenvalue weighted by Crippen LogP contribution is -2.36. The molecule has 0 atom stereocenters. The molecule has 0 N–H and O–H groups in total. The van der Waals surface area contributed by atoms with E-state index in [0.717, 1.165) is 28.7 Å². The van der Waals surface area contributed by atoms with Gasteiger partial charge < -0.3 is 18.9 Å². The van der Waals surface area contributed by atoms with Crippen molar-refractivity contribution in [2.45, 2.75) is 52.6 Å². The van der Waals surface area contributed by atoms with Crippen molar-refractivity contribution in [2.24, 2.45) is 0 Å². The van der Waals surface area contributed by atoms with E-state index in [4.69, 9.17) is 18.9 Å². The van der Waals surface area contributed by atoms with Gasteiger partial charge in [-0.3, -0.25) is 4.90 Å². The van der Waals surface area contributed by atoms with Gasteiger partial charge in [0.2, 0.25) is 0 Å².